The molecule has 0 aromatic rings. The second-order valence-electron chi connectivity index (χ2n) is 9.64. The number of nitrogens with two attached hydrogens (primary N) is 5. The topological polar surface area (TPSA) is 349 Å². The number of carboxylic acid groups (broad SMARTS) is 5. The molecule has 0 aromatic heterocycles. The monoisotopic (exact) mass is 646 g/mol. The molecule has 0 saturated carbocycles. The minimum Gasteiger partial charge on any atom is -0.480 e. The first-order valence-electron chi connectivity index (χ1n) is 13.6. The number of aliphatic hydroxyl groups excluding tert-OH is 1. The van der Waals surface area contributed by atoms with Crippen LogP contribution in [0.5, 0.6) is 0 Å². The van der Waals surface area contributed by atoms with Gasteiger partial charge in [0.25, 0.3) is 0 Å². The number of thioether (sulfide) groups is 1. The van der Waals surface area contributed by atoms with E-state index in [1.54, 1.807) is 11.8 Å². The fraction of sp³-hybridized carbons (Fsp3) is 0.800. The summed E-state index contributed by atoms with van der Waals surface area (Å²) in [5.74, 6) is -3.49. The summed E-state index contributed by atoms with van der Waals surface area (Å²) < 4.78 is 0. The Bertz CT molecular complexity index is 759. The third kappa shape index (κ3) is 35.5. The van der Waals surface area contributed by atoms with Crippen molar-refractivity contribution in [3.8, 4) is 0 Å². The van der Waals surface area contributed by atoms with Crippen molar-refractivity contribution in [2.24, 2.45) is 34.6 Å². The molecule has 17 N–H and O–H groups in total. The second kappa shape index (κ2) is 30.9. The Morgan fingerprint density at radius 1 is 0.791 bits per heavy atom. The summed E-state index contributed by atoms with van der Waals surface area (Å²) in [7, 11) is 0. The highest BCUT2D eigenvalue weighted by Gasteiger charge is 2.20. The standard InChI is InChI=1S/C6H14N2O2.C6H13NO2.C5H11NO2S.C5H9NO2.C3H7NO3/c7-4-2-1-3-5(8)6(9)10;1-4(2)3-5(7)6(8)9;1-9-3-2-4(6)5(7)8;7-5(8)4-2-1-3-6-4;4-2(1-5)3(6)7/h5H,1-4,7-8H2,(H,9,10);4-5H,3,7H2,1-2H3,(H,8,9);4H,2-3,6H2,1H3,(H,7,8);4,6H,1-3H2,(H,7,8);2,5H,1,4H2,(H,6,7). The van der Waals surface area contributed by atoms with Crippen LogP contribution < -0.4 is 34.0 Å². The number of aliphatic carboxylic acids is 5. The van der Waals surface area contributed by atoms with E-state index >= 15 is 0 Å². The van der Waals surface area contributed by atoms with Crippen molar-refractivity contribution in [3.05, 3.63) is 0 Å². The number of aliphatic hydroxyl groups is 1. The normalized spacial score (nSPS) is 16.1. The third-order valence-electron chi connectivity index (χ3n) is 5.15. The number of hydrogen-bond donors (Lipinski definition) is 12. The number of unbranched alkanes of at least 4 members (excludes halogenated alkanes) is 1. The molecule has 0 aliphatic carbocycles. The van der Waals surface area contributed by atoms with E-state index in [9.17, 15) is 24.0 Å². The Hall–Kier alpha value is -2.58. The first kappa shape index (κ1) is 47.4. The summed E-state index contributed by atoms with van der Waals surface area (Å²) in [6, 6.07) is -3.48. The Balaban J connectivity index is -0.000000222. The first-order chi connectivity index (χ1) is 19.9. The Kier molecular flexibility index (Phi) is 34.0. The summed E-state index contributed by atoms with van der Waals surface area (Å²) in [4.78, 5) is 50.1. The molecular weight excluding hydrogens is 592 g/mol. The molecule has 1 aliphatic rings. The van der Waals surface area contributed by atoms with Crippen LogP contribution in [0.4, 0.5) is 0 Å². The predicted octanol–water partition coefficient (Wildman–Crippen LogP) is -1.66. The molecule has 5 unspecified atom stereocenters. The molecule has 1 heterocycles. The molecule has 1 saturated heterocycles. The van der Waals surface area contributed by atoms with Gasteiger partial charge in [-0.3, -0.25) is 24.0 Å². The molecule has 17 nitrogen and oxygen atoms in total. The van der Waals surface area contributed by atoms with E-state index in [1.165, 1.54) is 0 Å². The fourth-order valence-corrected chi connectivity index (χ4v) is 3.07. The van der Waals surface area contributed by atoms with E-state index in [0.29, 0.717) is 31.7 Å². The van der Waals surface area contributed by atoms with Gasteiger partial charge in [-0.25, -0.2) is 0 Å². The van der Waals surface area contributed by atoms with Crippen molar-refractivity contribution in [3.63, 3.8) is 0 Å². The lowest BCUT2D eigenvalue weighted by atomic mass is 10.1. The molecule has 0 bridgehead atoms. The second-order valence-corrected chi connectivity index (χ2v) is 10.6. The van der Waals surface area contributed by atoms with Crippen LogP contribution in [0.2, 0.25) is 0 Å². The van der Waals surface area contributed by atoms with Crippen LogP contribution in [0, 0.1) is 5.92 Å². The van der Waals surface area contributed by atoms with Gasteiger partial charge in [0.15, 0.2) is 0 Å². The molecule has 18 heteroatoms. The van der Waals surface area contributed by atoms with Crippen molar-refractivity contribution >= 4 is 41.6 Å². The number of rotatable bonds is 15. The smallest absolute Gasteiger partial charge is 0.322 e. The van der Waals surface area contributed by atoms with Crippen LogP contribution in [0.1, 0.15) is 58.8 Å². The number of nitrogens with one attached hydrogen (secondary N) is 1. The highest BCUT2D eigenvalue weighted by Crippen LogP contribution is 2.03. The third-order valence-corrected chi connectivity index (χ3v) is 5.80. The summed E-state index contributed by atoms with van der Waals surface area (Å²) in [6.07, 6.45) is 6.98. The van der Waals surface area contributed by atoms with Gasteiger partial charge in [-0.05, 0) is 69.5 Å². The van der Waals surface area contributed by atoms with Gasteiger partial charge in [-0.15, -0.1) is 0 Å². The zero-order valence-corrected chi connectivity index (χ0v) is 26.1. The Morgan fingerprint density at radius 3 is 1.49 bits per heavy atom. The molecule has 1 rings (SSSR count). The van der Waals surface area contributed by atoms with Crippen molar-refractivity contribution < 1.29 is 54.6 Å². The van der Waals surface area contributed by atoms with Gasteiger partial charge in [0.2, 0.25) is 0 Å². The first-order valence-corrected chi connectivity index (χ1v) is 15.0. The summed E-state index contributed by atoms with van der Waals surface area (Å²) >= 11 is 1.60. The summed E-state index contributed by atoms with van der Waals surface area (Å²) in [6.45, 7) is 4.85. The number of hydrogen-bond acceptors (Lipinski definition) is 13. The highest BCUT2D eigenvalue weighted by atomic mass is 32.2. The highest BCUT2D eigenvalue weighted by molar-refractivity contribution is 7.98. The average molecular weight is 647 g/mol. The van der Waals surface area contributed by atoms with Crippen molar-refractivity contribution in [1.29, 1.82) is 0 Å². The SMILES string of the molecule is CC(C)CC(N)C(=O)O.CSCCC(N)C(=O)O.NC(CO)C(=O)O.NCCCCC(N)C(=O)O.O=C(O)C1CCCN1. The largest absolute Gasteiger partial charge is 0.480 e. The van der Waals surface area contributed by atoms with Crippen LogP contribution in [0.15, 0.2) is 0 Å². The van der Waals surface area contributed by atoms with Crippen molar-refractivity contribution in [2.45, 2.75) is 89.0 Å². The van der Waals surface area contributed by atoms with Gasteiger partial charge >= 0.3 is 29.8 Å². The van der Waals surface area contributed by atoms with E-state index in [4.69, 9.17) is 59.3 Å². The molecule has 256 valence electrons. The molecule has 43 heavy (non-hydrogen) atoms. The molecule has 0 aromatic carbocycles. The van der Waals surface area contributed by atoms with E-state index < -0.39 is 60.6 Å². The Morgan fingerprint density at radius 2 is 1.26 bits per heavy atom. The maximum absolute atomic E-state index is 10.1. The number of carbonyl (C=O) groups is 5. The van der Waals surface area contributed by atoms with Gasteiger partial charge in [0.05, 0.1) is 6.61 Å². The molecule has 0 radical (unpaired) electrons. The minimum absolute atomic E-state index is 0.269. The van der Waals surface area contributed by atoms with Crippen molar-refractivity contribution in [1.82, 2.24) is 5.32 Å². The molecule has 0 amide bonds. The predicted molar refractivity (Wildman–Crippen MR) is 164 cm³/mol. The van der Waals surface area contributed by atoms with E-state index in [1.807, 2.05) is 20.1 Å². The van der Waals surface area contributed by atoms with E-state index in [2.05, 4.69) is 5.32 Å². The van der Waals surface area contributed by atoms with Crippen LogP contribution in [0.25, 0.3) is 0 Å². The lowest BCUT2D eigenvalue weighted by molar-refractivity contribution is -0.140. The molecule has 5 atom stereocenters. The fourth-order valence-electron chi connectivity index (χ4n) is 2.58. The zero-order valence-electron chi connectivity index (χ0n) is 25.3. The maximum Gasteiger partial charge on any atom is 0.322 e. The maximum atomic E-state index is 10.1. The van der Waals surface area contributed by atoms with Gasteiger partial charge in [-0.2, -0.15) is 11.8 Å². The lowest BCUT2D eigenvalue weighted by Gasteiger charge is -2.07. The summed E-state index contributed by atoms with van der Waals surface area (Å²) in [5, 5.41) is 52.0. The van der Waals surface area contributed by atoms with Crippen LogP contribution >= 0.6 is 11.8 Å². The van der Waals surface area contributed by atoms with Crippen LogP contribution in [-0.4, -0.2) is 122 Å². The van der Waals surface area contributed by atoms with E-state index in [-0.39, 0.29) is 6.04 Å². The van der Waals surface area contributed by atoms with Gasteiger partial charge < -0.3 is 64.6 Å². The molecular formula is C25H54N6O11S. The molecule has 0 spiro atoms. The minimum atomic E-state index is -1.18. The average Bonchev–Trinajstić information content (AvgIpc) is 3.48. The van der Waals surface area contributed by atoms with Crippen LogP contribution in [-0.2, 0) is 24.0 Å². The van der Waals surface area contributed by atoms with Gasteiger partial charge in [0, 0.05) is 0 Å². The van der Waals surface area contributed by atoms with Crippen molar-refractivity contribution in [2.75, 3.05) is 31.7 Å². The zero-order chi connectivity index (χ0) is 34.5. The van der Waals surface area contributed by atoms with E-state index in [0.717, 1.165) is 38.0 Å². The quantitative estimate of drug-likeness (QED) is 0.0885. The number of carboxylic acids is 5. The van der Waals surface area contributed by atoms with Crippen LogP contribution in [0.3, 0.4) is 0 Å². The molecule has 1 fully saturated rings. The summed E-state index contributed by atoms with van der Waals surface area (Å²) in [5.41, 5.74) is 25.6. The van der Waals surface area contributed by atoms with Gasteiger partial charge in [-0.1, -0.05) is 20.3 Å². The Labute approximate surface area is 256 Å². The lowest BCUT2D eigenvalue weighted by Crippen LogP contribution is -2.33. The van der Waals surface area contributed by atoms with Gasteiger partial charge in [0.1, 0.15) is 30.2 Å². The molecule has 1 aliphatic heterocycles.